The maximum absolute atomic E-state index is 13.4. The third kappa shape index (κ3) is 3.46. The van der Waals surface area contributed by atoms with Crippen LogP contribution in [0.5, 0.6) is 0 Å². The van der Waals surface area contributed by atoms with Gasteiger partial charge in [0.1, 0.15) is 5.82 Å². The Morgan fingerprint density at radius 1 is 0.767 bits per heavy atom. The summed E-state index contributed by atoms with van der Waals surface area (Å²) >= 11 is 3.46. The molecule has 1 heterocycles. The fourth-order valence-electron chi connectivity index (χ4n) is 3.57. The fraction of sp³-hybridized carbons (Fsp3) is 0. The molecule has 0 unspecified atom stereocenters. The number of para-hydroxylation sites is 1. The maximum Gasteiger partial charge on any atom is 0.266 e. The zero-order valence-electron chi connectivity index (χ0n) is 16.0. The summed E-state index contributed by atoms with van der Waals surface area (Å²) in [6.07, 6.45) is 3.87. The molecule has 0 atom stereocenters. The average Bonchev–Trinajstić information content (AvgIpc) is 2.78. The van der Waals surface area contributed by atoms with Crippen molar-refractivity contribution >= 4 is 49.8 Å². The first-order valence-electron chi connectivity index (χ1n) is 9.64. The predicted molar refractivity (Wildman–Crippen MR) is 128 cm³/mol. The zero-order chi connectivity index (χ0) is 20.5. The molecule has 4 heteroatoms. The second-order valence-electron chi connectivity index (χ2n) is 7.04. The summed E-state index contributed by atoms with van der Waals surface area (Å²) in [5.74, 6) is 0.594. The second-order valence-corrected chi connectivity index (χ2v) is 7.96. The molecular weight excluding hydrogens is 436 g/mol. The number of aromatic nitrogens is 2. The van der Waals surface area contributed by atoms with Gasteiger partial charge in [-0.3, -0.25) is 9.36 Å². The maximum atomic E-state index is 13.4. The van der Waals surface area contributed by atoms with Crippen LogP contribution in [0, 0.1) is 0 Å². The molecular formula is C26H17BrN2O. The molecule has 0 aliphatic heterocycles. The van der Waals surface area contributed by atoms with Gasteiger partial charge in [-0.2, -0.15) is 0 Å². The zero-order valence-corrected chi connectivity index (χ0v) is 17.6. The van der Waals surface area contributed by atoms with Gasteiger partial charge in [-0.15, -0.1) is 0 Å². The van der Waals surface area contributed by atoms with Gasteiger partial charge in [0.15, 0.2) is 0 Å². The number of benzene rings is 4. The monoisotopic (exact) mass is 452 g/mol. The molecule has 0 spiro atoms. The number of fused-ring (bicyclic) bond motifs is 2. The van der Waals surface area contributed by atoms with Crippen LogP contribution in [-0.4, -0.2) is 9.55 Å². The normalized spacial score (nSPS) is 11.5. The summed E-state index contributed by atoms with van der Waals surface area (Å²) in [5.41, 5.74) is 2.44. The number of halogens is 1. The molecule has 144 valence electrons. The van der Waals surface area contributed by atoms with E-state index in [1.54, 1.807) is 4.57 Å². The minimum atomic E-state index is -0.0775. The molecule has 5 rings (SSSR count). The molecule has 0 radical (unpaired) electrons. The second kappa shape index (κ2) is 7.73. The highest BCUT2D eigenvalue weighted by molar-refractivity contribution is 9.10. The smallest absolute Gasteiger partial charge is 0.266 e. The van der Waals surface area contributed by atoms with E-state index in [-0.39, 0.29) is 5.56 Å². The van der Waals surface area contributed by atoms with Gasteiger partial charge in [-0.1, -0.05) is 76.6 Å². The Hall–Kier alpha value is -3.50. The van der Waals surface area contributed by atoms with Crippen LogP contribution < -0.4 is 5.56 Å². The molecule has 0 saturated carbocycles. The Balaban J connectivity index is 1.73. The Morgan fingerprint density at radius 3 is 2.33 bits per heavy atom. The van der Waals surface area contributed by atoms with Crippen LogP contribution in [-0.2, 0) is 0 Å². The molecule has 0 aliphatic rings. The summed E-state index contributed by atoms with van der Waals surface area (Å²) in [5, 5.41) is 2.82. The van der Waals surface area contributed by atoms with E-state index in [4.69, 9.17) is 4.98 Å². The average molecular weight is 453 g/mol. The van der Waals surface area contributed by atoms with Gasteiger partial charge in [0.05, 0.1) is 16.6 Å². The van der Waals surface area contributed by atoms with Gasteiger partial charge in [-0.25, -0.2) is 4.98 Å². The van der Waals surface area contributed by atoms with Crippen LogP contribution in [0.1, 0.15) is 11.4 Å². The van der Waals surface area contributed by atoms with E-state index in [0.29, 0.717) is 16.7 Å². The third-order valence-corrected chi connectivity index (χ3v) is 5.62. The van der Waals surface area contributed by atoms with Crippen LogP contribution in [0.15, 0.2) is 100 Å². The third-order valence-electron chi connectivity index (χ3n) is 5.09. The highest BCUT2D eigenvalue weighted by Gasteiger charge is 2.11. The van der Waals surface area contributed by atoms with Crippen LogP contribution >= 0.6 is 15.9 Å². The Labute approximate surface area is 182 Å². The summed E-state index contributed by atoms with van der Waals surface area (Å²) in [6.45, 7) is 0. The van der Waals surface area contributed by atoms with E-state index in [1.165, 1.54) is 0 Å². The van der Waals surface area contributed by atoms with E-state index in [9.17, 15) is 4.79 Å². The number of hydrogen-bond donors (Lipinski definition) is 0. The van der Waals surface area contributed by atoms with Crippen LogP contribution in [0.4, 0.5) is 0 Å². The van der Waals surface area contributed by atoms with Crippen molar-refractivity contribution in [3.63, 3.8) is 0 Å². The Bertz CT molecular complexity index is 1470. The van der Waals surface area contributed by atoms with E-state index in [1.807, 2.05) is 91.0 Å². The van der Waals surface area contributed by atoms with Crippen LogP contribution in [0.25, 0.3) is 39.5 Å². The van der Waals surface area contributed by atoms with Crippen LogP contribution in [0.3, 0.4) is 0 Å². The van der Waals surface area contributed by atoms with Gasteiger partial charge in [-0.05, 0) is 58.8 Å². The van der Waals surface area contributed by atoms with Crippen molar-refractivity contribution in [2.45, 2.75) is 0 Å². The molecule has 30 heavy (non-hydrogen) atoms. The lowest BCUT2D eigenvalue weighted by atomic mass is 10.1. The highest BCUT2D eigenvalue weighted by Crippen LogP contribution is 2.21. The standard InChI is InChI=1S/C26H17BrN2O/c27-21-13-9-18(10-14-21)11-16-25-28-24-8-4-3-7-23(24)26(30)29(25)22-15-12-19-5-1-2-6-20(19)17-22/h1-17H/b16-11+. The lowest BCUT2D eigenvalue weighted by Crippen LogP contribution is -2.22. The topological polar surface area (TPSA) is 34.9 Å². The Morgan fingerprint density at radius 2 is 1.50 bits per heavy atom. The molecule has 5 aromatic rings. The molecule has 0 bridgehead atoms. The van der Waals surface area contributed by atoms with Gasteiger partial charge in [0, 0.05) is 4.47 Å². The lowest BCUT2D eigenvalue weighted by molar-refractivity contribution is 0.946. The van der Waals surface area contributed by atoms with E-state index in [0.717, 1.165) is 26.5 Å². The van der Waals surface area contributed by atoms with Gasteiger partial charge >= 0.3 is 0 Å². The van der Waals surface area contributed by atoms with E-state index >= 15 is 0 Å². The van der Waals surface area contributed by atoms with Gasteiger partial charge in [0.25, 0.3) is 5.56 Å². The van der Waals surface area contributed by atoms with Gasteiger partial charge in [0.2, 0.25) is 0 Å². The number of hydrogen-bond acceptors (Lipinski definition) is 2. The first kappa shape index (κ1) is 18.5. The quantitative estimate of drug-likeness (QED) is 0.314. The van der Waals surface area contributed by atoms with Crippen molar-refractivity contribution in [1.82, 2.24) is 9.55 Å². The van der Waals surface area contributed by atoms with Crippen molar-refractivity contribution in [1.29, 1.82) is 0 Å². The van der Waals surface area contributed by atoms with Crippen molar-refractivity contribution in [2.75, 3.05) is 0 Å². The van der Waals surface area contributed by atoms with Crippen molar-refractivity contribution in [3.8, 4) is 5.69 Å². The van der Waals surface area contributed by atoms with Crippen molar-refractivity contribution < 1.29 is 0 Å². The molecule has 0 aliphatic carbocycles. The number of rotatable bonds is 3. The molecule has 0 saturated heterocycles. The molecule has 0 fully saturated rings. The largest absolute Gasteiger partial charge is 0.268 e. The first-order valence-corrected chi connectivity index (χ1v) is 10.4. The molecule has 0 amide bonds. The minimum Gasteiger partial charge on any atom is -0.268 e. The van der Waals surface area contributed by atoms with Crippen LogP contribution in [0.2, 0.25) is 0 Å². The molecule has 3 nitrogen and oxygen atoms in total. The van der Waals surface area contributed by atoms with E-state index in [2.05, 4.69) is 28.1 Å². The van der Waals surface area contributed by atoms with Crippen molar-refractivity contribution in [2.24, 2.45) is 0 Å². The summed E-state index contributed by atoms with van der Waals surface area (Å²) in [6, 6.07) is 29.6. The fourth-order valence-corrected chi connectivity index (χ4v) is 3.84. The molecule has 0 N–H and O–H groups in total. The number of nitrogens with zero attached hydrogens (tertiary/aromatic N) is 2. The molecule has 1 aromatic heterocycles. The van der Waals surface area contributed by atoms with E-state index < -0.39 is 0 Å². The predicted octanol–water partition coefficient (Wildman–Crippen LogP) is 6.47. The highest BCUT2D eigenvalue weighted by atomic mass is 79.9. The van der Waals surface area contributed by atoms with Crippen molar-refractivity contribution in [3.05, 3.63) is 117 Å². The lowest BCUT2D eigenvalue weighted by Gasteiger charge is -2.12. The first-order chi connectivity index (χ1) is 14.7. The SMILES string of the molecule is O=c1c2ccccc2nc(/C=C/c2ccc(Br)cc2)n1-c1ccc2ccccc2c1. The summed E-state index contributed by atoms with van der Waals surface area (Å²) in [4.78, 5) is 18.2. The summed E-state index contributed by atoms with van der Waals surface area (Å²) < 4.78 is 2.71. The molecule has 4 aromatic carbocycles. The minimum absolute atomic E-state index is 0.0775. The summed E-state index contributed by atoms with van der Waals surface area (Å²) in [7, 11) is 0. The Kier molecular flexibility index (Phi) is 4.77. The van der Waals surface area contributed by atoms with Gasteiger partial charge < -0.3 is 0 Å².